The second kappa shape index (κ2) is 5.95. The summed E-state index contributed by atoms with van der Waals surface area (Å²) in [5.41, 5.74) is 3.24. The Hall–Kier alpha value is -2.66. The molecule has 5 rings (SSSR count). The Labute approximate surface area is 152 Å². The molecule has 0 aromatic heterocycles. The minimum Gasteiger partial charge on any atom is -0.446 e. The lowest BCUT2D eigenvalue weighted by molar-refractivity contribution is -0.123. The van der Waals surface area contributed by atoms with Crippen LogP contribution in [0.5, 0.6) is 0 Å². The van der Waals surface area contributed by atoms with E-state index >= 15 is 0 Å². The summed E-state index contributed by atoms with van der Waals surface area (Å²) >= 11 is 0. The zero-order valence-corrected chi connectivity index (χ0v) is 14.4. The Morgan fingerprint density at radius 1 is 1.00 bits per heavy atom. The molecule has 1 atom stereocenters. The van der Waals surface area contributed by atoms with Gasteiger partial charge in [-0.3, -0.25) is 4.79 Å². The van der Waals surface area contributed by atoms with Crippen LogP contribution in [0.4, 0.5) is 0 Å². The van der Waals surface area contributed by atoms with Crippen molar-refractivity contribution >= 4 is 11.9 Å². The molecule has 0 bridgehead atoms. The maximum absolute atomic E-state index is 12.3. The SMILES string of the molecule is O=C1N=C(N2CCC3(CC2)OCc2ccccc23)O[C@H]1c1ccccc1. The molecule has 26 heavy (non-hydrogen) atoms. The van der Waals surface area contributed by atoms with E-state index in [0.717, 1.165) is 31.5 Å². The zero-order chi connectivity index (χ0) is 17.6. The first-order valence-corrected chi connectivity index (χ1v) is 9.07. The summed E-state index contributed by atoms with van der Waals surface area (Å²) in [5.74, 6) is -0.228. The number of carbonyl (C=O) groups is 1. The lowest BCUT2D eigenvalue weighted by Crippen LogP contribution is -2.45. The molecule has 2 aromatic rings. The number of likely N-dealkylation sites (tertiary alicyclic amines) is 1. The van der Waals surface area contributed by atoms with Gasteiger partial charge in [0.25, 0.3) is 11.9 Å². The van der Waals surface area contributed by atoms with Crippen molar-refractivity contribution in [3.05, 3.63) is 71.3 Å². The standard InChI is InChI=1S/C21H20N2O3/c24-19-18(15-6-2-1-3-7-15)26-20(22-19)23-12-10-21(11-13-23)17-9-5-4-8-16(17)14-25-21/h1-9,18H,10-14H2/t18-/m0/s1. The maximum atomic E-state index is 12.3. The van der Waals surface area contributed by atoms with Gasteiger partial charge in [-0.15, -0.1) is 0 Å². The monoisotopic (exact) mass is 348 g/mol. The molecule has 1 spiro atoms. The fourth-order valence-corrected chi connectivity index (χ4v) is 4.18. The summed E-state index contributed by atoms with van der Waals surface area (Å²) in [6.45, 7) is 2.21. The van der Waals surface area contributed by atoms with Gasteiger partial charge in [0.05, 0.1) is 12.2 Å². The van der Waals surface area contributed by atoms with Gasteiger partial charge in [0.2, 0.25) is 6.10 Å². The third kappa shape index (κ3) is 2.42. The molecule has 3 aliphatic heterocycles. The first-order valence-electron chi connectivity index (χ1n) is 9.07. The molecule has 0 N–H and O–H groups in total. The molecule has 0 radical (unpaired) electrons. The van der Waals surface area contributed by atoms with Crippen molar-refractivity contribution in [2.45, 2.75) is 31.2 Å². The zero-order valence-electron chi connectivity index (χ0n) is 14.4. The van der Waals surface area contributed by atoms with E-state index in [1.165, 1.54) is 11.1 Å². The molecule has 5 nitrogen and oxygen atoms in total. The van der Waals surface area contributed by atoms with Crippen LogP contribution in [0.3, 0.4) is 0 Å². The second-order valence-electron chi connectivity index (χ2n) is 7.07. The Balaban J connectivity index is 1.30. The Bertz CT molecular complexity index is 870. The van der Waals surface area contributed by atoms with Gasteiger partial charge >= 0.3 is 0 Å². The van der Waals surface area contributed by atoms with Gasteiger partial charge in [0, 0.05) is 18.7 Å². The van der Waals surface area contributed by atoms with E-state index in [0.29, 0.717) is 12.6 Å². The number of nitrogens with zero attached hydrogens (tertiary/aromatic N) is 2. The van der Waals surface area contributed by atoms with Crippen LogP contribution >= 0.6 is 0 Å². The smallest absolute Gasteiger partial charge is 0.296 e. The Morgan fingerprint density at radius 3 is 2.54 bits per heavy atom. The number of aliphatic imine (C=N–C) groups is 1. The lowest BCUT2D eigenvalue weighted by atomic mass is 9.84. The van der Waals surface area contributed by atoms with Crippen molar-refractivity contribution in [1.82, 2.24) is 4.90 Å². The summed E-state index contributed by atoms with van der Waals surface area (Å²) < 4.78 is 12.1. The van der Waals surface area contributed by atoms with Crippen molar-refractivity contribution in [3.8, 4) is 0 Å². The summed E-state index contributed by atoms with van der Waals surface area (Å²) in [7, 11) is 0. The third-order valence-corrected chi connectivity index (χ3v) is 5.61. The van der Waals surface area contributed by atoms with Gasteiger partial charge in [0.1, 0.15) is 0 Å². The van der Waals surface area contributed by atoms with E-state index in [1.807, 2.05) is 30.3 Å². The predicted octanol–water partition coefficient (Wildman–Crippen LogP) is 3.16. The first kappa shape index (κ1) is 15.6. The van der Waals surface area contributed by atoms with Gasteiger partial charge in [-0.1, -0.05) is 54.6 Å². The van der Waals surface area contributed by atoms with E-state index in [2.05, 4.69) is 34.2 Å². The third-order valence-electron chi connectivity index (χ3n) is 5.61. The molecule has 3 heterocycles. The van der Waals surface area contributed by atoms with Crippen molar-refractivity contribution in [2.75, 3.05) is 13.1 Å². The molecular weight excluding hydrogens is 328 g/mol. The van der Waals surface area contributed by atoms with Crippen LogP contribution in [-0.4, -0.2) is 29.9 Å². The number of fused-ring (bicyclic) bond motifs is 2. The number of benzene rings is 2. The average Bonchev–Trinajstić information content (AvgIpc) is 3.25. The van der Waals surface area contributed by atoms with E-state index in [1.54, 1.807) is 0 Å². The minimum absolute atomic E-state index is 0.199. The minimum atomic E-state index is -0.620. The highest BCUT2D eigenvalue weighted by Crippen LogP contribution is 2.44. The predicted molar refractivity (Wildman–Crippen MR) is 96.4 cm³/mol. The summed E-state index contributed by atoms with van der Waals surface area (Å²) in [4.78, 5) is 18.5. The van der Waals surface area contributed by atoms with Gasteiger partial charge in [-0.25, -0.2) is 0 Å². The maximum Gasteiger partial charge on any atom is 0.296 e. The highest BCUT2D eigenvalue weighted by molar-refractivity contribution is 5.99. The molecule has 0 saturated carbocycles. The number of hydrogen-bond donors (Lipinski definition) is 0. The number of amidine groups is 1. The van der Waals surface area contributed by atoms with Crippen molar-refractivity contribution in [3.63, 3.8) is 0 Å². The van der Waals surface area contributed by atoms with E-state index in [9.17, 15) is 4.79 Å². The molecule has 5 heteroatoms. The van der Waals surface area contributed by atoms with Gasteiger partial charge in [0.15, 0.2) is 0 Å². The summed E-state index contributed by atoms with van der Waals surface area (Å²) in [6, 6.07) is 18.4. The molecule has 1 saturated heterocycles. The van der Waals surface area contributed by atoms with Crippen molar-refractivity contribution in [1.29, 1.82) is 0 Å². The fourth-order valence-electron chi connectivity index (χ4n) is 4.18. The van der Waals surface area contributed by atoms with Gasteiger partial charge in [-0.05, 0) is 24.0 Å². The number of carbonyl (C=O) groups excluding carboxylic acids is 1. The molecule has 0 unspecified atom stereocenters. The van der Waals surface area contributed by atoms with E-state index in [4.69, 9.17) is 9.47 Å². The molecule has 3 aliphatic rings. The van der Waals surface area contributed by atoms with Crippen LogP contribution in [0, 0.1) is 0 Å². The molecule has 132 valence electrons. The number of amides is 1. The van der Waals surface area contributed by atoms with Gasteiger partial charge in [-0.2, -0.15) is 4.99 Å². The van der Waals surface area contributed by atoms with Crippen LogP contribution < -0.4 is 0 Å². The topological polar surface area (TPSA) is 51.1 Å². The molecule has 0 aliphatic carbocycles. The quantitative estimate of drug-likeness (QED) is 0.794. The number of hydrogen-bond acceptors (Lipinski definition) is 4. The lowest BCUT2D eigenvalue weighted by Gasteiger charge is -2.39. The van der Waals surface area contributed by atoms with Crippen LogP contribution in [0.2, 0.25) is 0 Å². The Morgan fingerprint density at radius 2 is 1.73 bits per heavy atom. The number of rotatable bonds is 1. The van der Waals surface area contributed by atoms with E-state index in [-0.39, 0.29) is 11.5 Å². The molecular formula is C21H20N2O3. The highest BCUT2D eigenvalue weighted by atomic mass is 16.5. The van der Waals surface area contributed by atoms with Crippen molar-refractivity contribution < 1.29 is 14.3 Å². The van der Waals surface area contributed by atoms with Crippen LogP contribution in [0.1, 0.15) is 35.6 Å². The van der Waals surface area contributed by atoms with Crippen LogP contribution in [-0.2, 0) is 26.5 Å². The average molecular weight is 348 g/mol. The van der Waals surface area contributed by atoms with Crippen LogP contribution in [0.25, 0.3) is 0 Å². The summed E-state index contributed by atoms with van der Waals surface area (Å²) in [6.07, 6.45) is 1.12. The molecule has 1 amide bonds. The molecule has 1 fully saturated rings. The second-order valence-corrected chi connectivity index (χ2v) is 7.07. The first-order chi connectivity index (χ1) is 12.8. The fraction of sp³-hybridized carbons (Fsp3) is 0.333. The molecule has 2 aromatic carbocycles. The highest BCUT2D eigenvalue weighted by Gasteiger charge is 2.44. The number of ether oxygens (including phenoxy) is 2. The van der Waals surface area contributed by atoms with Crippen molar-refractivity contribution in [2.24, 2.45) is 4.99 Å². The van der Waals surface area contributed by atoms with Crippen LogP contribution in [0.15, 0.2) is 59.6 Å². The van der Waals surface area contributed by atoms with E-state index < -0.39 is 6.10 Å². The largest absolute Gasteiger partial charge is 0.446 e. The Kier molecular flexibility index (Phi) is 3.57. The van der Waals surface area contributed by atoms with Gasteiger partial charge < -0.3 is 14.4 Å². The number of piperidine rings is 1. The summed E-state index contributed by atoms with van der Waals surface area (Å²) in [5, 5.41) is 0. The normalized spacial score (nSPS) is 23.7.